The van der Waals surface area contributed by atoms with Crippen LogP contribution in [-0.4, -0.2) is 32.8 Å². The topological polar surface area (TPSA) is 78.5 Å². The molecule has 0 aliphatic heterocycles. The van der Waals surface area contributed by atoms with Crippen molar-refractivity contribution in [2.75, 3.05) is 17.2 Å². The maximum atomic E-state index is 4.59. The summed E-state index contributed by atoms with van der Waals surface area (Å²) in [6, 6.07) is 0.368. The summed E-state index contributed by atoms with van der Waals surface area (Å²) in [4.78, 5) is 9.03. The summed E-state index contributed by atoms with van der Waals surface area (Å²) in [5.41, 5.74) is 0.766. The average molecular weight is 290 g/mol. The molecule has 2 aromatic heterocycles. The zero-order valence-corrected chi connectivity index (χ0v) is 13.4. The third kappa shape index (κ3) is 4.06. The second kappa shape index (κ2) is 7.24. The van der Waals surface area contributed by atoms with E-state index < -0.39 is 0 Å². The highest BCUT2D eigenvalue weighted by Gasteiger charge is 2.13. The van der Waals surface area contributed by atoms with E-state index >= 15 is 0 Å². The van der Waals surface area contributed by atoms with Gasteiger partial charge in [-0.25, -0.2) is 0 Å². The number of nitrogens with one attached hydrogen (secondary N) is 3. The molecule has 0 bridgehead atoms. The van der Waals surface area contributed by atoms with Crippen LogP contribution in [0, 0.1) is 5.92 Å². The van der Waals surface area contributed by atoms with Crippen LogP contribution in [0.25, 0.3) is 11.0 Å². The first-order valence-corrected chi connectivity index (χ1v) is 7.85. The van der Waals surface area contributed by atoms with Crippen molar-refractivity contribution in [1.29, 1.82) is 0 Å². The van der Waals surface area contributed by atoms with Crippen molar-refractivity contribution in [3.05, 3.63) is 6.20 Å². The highest BCUT2D eigenvalue weighted by atomic mass is 15.2. The highest BCUT2D eigenvalue weighted by molar-refractivity contribution is 5.87. The lowest BCUT2D eigenvalue weighted by molar-refractivity contribution is 0.483. The van der Waals surface area contributed by atoms with Crippen molar-refractivity contribution >= 4 is 22.8 Å². The van der Waals surface area contributed by atoms with Gasteiger partial charge in [0.25, 0.3) is 0 Å². The van der Waals surface area contributed by atoms with Gasteiger partial charge in [-0.15, -0.1) is 0 Å². The fraction of sp³-hybridized carbons (Fsp3) is 0.667. The number of hydrogen-bond donors (Lipinski definition) is 3. The summed E-state index contributed by atoms with van der Waals surface area (Å²) in [5.74, 6) is 2.20. The molecule has 0 aliphatic rings. The van der Waals surface area contributed by atoms with Crippen LogP contribution in [0.4, 0.5) is 11.8 Å². The van der Waals surface area contributed by atoms with Gasteiger partial charge in [-0.05, 0) is 25.7 Å². The van der Waals surface area contributed by atoms with Crippen LogP contribution in [0.1, 0.15) is 47.0 Å². The Bertz CT molecular complexity index is 564. The van der Waals surface area contributed by atoms with E-state index in [2.05, 4.69) is 58.5 Å². The molecule has 0 amide bonds. The molecular weight excluding hydrogens is 264 g/mol. The quantitative estimate of drug-likeness (QED) is 0.694. The molecule has 2 aromatic rings. The average Bonchev–Trinajstić information content (AvgIpc) is 2.93. The van der Waals surface area contributed by atoms with Crippen LogP contribution < -0.4 is 10.6 Å². The molecular formula is C15H26N6. The van der Waals surface area contributed by atoms with Gasteiger partial charge in [0.15, 0.2) is 5.65 Å². The van der Waals surface area contributed by atoms with Crippen molar-refractivity contribution < 1.29 is 0 Å². The van der Waals surface area contributed by atoms with Crippen LogP contribution in [0.15, 0.2) is 6.20 Å². The molecule has 6 nitrogen and oxygen atoms in total. The minimum absolute atomic E-state index is 0.368. The normalized spacial score (nSPS) is 14.1. The van der Waals surface area contributed by atoms with E-state index in [9.17, 15) is 0 Å². The van der Waals surface area contributed by atoms with E-state index in [0.717, 1.165) is 36.2 Å². The first-order valence-electron chi connectivity index (χ1n) is 7.85. The van der Waals surface area contributed by atoms with E-state index in [1.165, 1.54) is 6.42 Å². The number of aromatic amines is 1. The van der Waals surface area contributed by atoms with E-state index in [0.29, 0.717) is 17.9 Å². The fourth-order valence-corrected chi connectivity index (χ4v) is 2.32. The first kappa shape index (κ1) is 15.5. The van der Waals surface area contributed by atoms with Gasteiger partial charge < -0.3 is 10.6 Å². The number of fused-ring (bicyclic) bond motifs is 1. The number of anilines is 2. The SMILES string of the molecule is CCCNc1nc(NC(C)CC(C)CC)c2cn[nH]c2n1. The van der Waals surface area contributed by atoms with Crippen LogP contribution >= 0.6 is 0 Å². The zero-order chi connectivity index (χ0) is 15.2. The maximum Gasteiger partial charge on any atom is 0.226 e. The lowest BCUT2D eigenvalue weighted by atomic mass is 10.0. The Hall–Kier alpha value is -1.85. The van der Waals surface area contributed by atoms with Gasteiger partial charge in [0.05, 0.1) is 11.6 Å². The minimum Gasteiger partial charge on any atom is -0.367 e. The highest BCUT2D eigenvalue weighted by Crippen LogP contribution is 2.22. The summed E-state index contributed by atoms with van der Waals surface area (Å²) >= 11 is 0. The number of aromatic nitrogens is 4. The van der Waals surface area contributed by atoms with E-state index in [1.807, 2.05) is 0 Å². The molecule has 116 valence electrons. The molecule has 0 saturated heterocycles. The predicted octanol–water partition coefficient (Wildman–Crippen LogP) is 3.41. The largest absolute Gasteiger partial charge is 0.367 e. The smallest absolute Gasteiger partial charge is 0.226 e. The third-order valence-electron chi connectivity index (χ3n) is 3.68. The van der Waals surface area contributed by atoms with Gasteiger partial charge >= 0.3 is 0 Å². The molecule has 3 N–H and O–H groups in total. The number of rotatable bonds is 8. The molecule has 0 saturated carbocycles. The zero-order valence-electron chi connectivity index (χ0n) is 13.4. The van der Waals surface area contributed by atoms with Crippen molar-refractivity contribution in [3.8, 4) is 0 Å². The first-order chi connectivity index (χ1) is 10.1. The molecule has 0 spiro atoms. The fourth-order valence-electron chi connectivity index (χ4n) is 2.32. The maximum absolute atomic E-state index is 4.59. The summed E-state index contributed by atoms with van der Waals surface area (Å²) in [6.45, 7) is 9.68. The Balaban J connectivity index is 2.18. The lowest BCUT2D eigenvalue weighted by Gasteiger charge is -2.18. The molecule has 0 radical (unpaired) electrons. The van der Waals surface area contributed by atoms with Crippen molar-refractivity contribution in [2.24, 2.45) is 5.92 Å². The molecule has 2 heterocycles. The Labute approximate surface area is 126 Å². The van der Waals surface area contributed by atoms with Gasteiger partial charge in [-0.3, -0.25) is 5.10 Å². The Morgan fingerprint density at radius 3 is 2.76 bits per heavy atom. The molecule has 0 aliphatic carbocycles. The second-order valence-corrected chi connectivity index (χ2v) is 5.75. The molecule has 21 heavy (non-hydrogen) atoms. The number of hydrogen-bond acceptors (Lipinski definition) is 5. The summed E-state index contributed by atoms with van der Waals surface area (Å²) in [7, 11) is 0. The lowest BCUT2D eigenvalue weighted by Crippen LogP contribution is -2.19. The van der Waals surface area contributed by atoms with Crippen molar-refractivity contribution in [2.45, 2.75) is 53.0 Å². The predicted molar refractivity (Wildman–Crippen MR) is 87.6 cm³/mol. The third-order valence-corrected chi connectivity index (χ3v) is 3.68. The monoisotopic (exact) mass is 290 g/mol. The van der Waals surface area contributed by atoms with Gasteiger partial charge in [0.2, 0.25) is 5.95 Å². The summed E-state index contributed by atoms with van der Waals surface area (Å²) in [5, 5.41) is 14.7. The van der Waals surface area contributed by atoms with Gasteiger partial charge in [-0.2, -0.15) is 15.1 Å². The standard InChI is InChI=1S/C15H26N6/c1-5-7-16-15-19-13(12-9-17-21-14(12)20-15)18-11(4)8-10(3)6-2/h9-11H,5-8H2,1-4H3,(H3,16,17,18,19,20,21). The van der Waals surface area contributed by atoms with E-state index in [1.54, 1.807) is 6.20 Å². The van der Waals surface area contributed by atoms with Gasteiger partial charge in [-0.1, -0.05) is 27.2 Å². The molecule has 2 rings (SSSR count). The Morgan fingerprint density at radius 1 is 1.24 bits per heavy atom. The number of nitrogens with zero attached hydrogens (tertiary/aromatic N) is 3. The van der Waals surface area contributed by atoms with Crippen molar-refractivity contribution in [1.82, 2.24) is 20.2 Å². The van der Waals surface area contributed by atoms with Crippen molar-refractivity contribution in [3.63, 3.8) is 0 Å². The molecule has 6 heteroatoms. The Morgan fingerprint density at radius 2 is 2.05 bits per heavy atom. The minimum atomic E-state index is 0.368. The Kier molecular flexibility index (Phi) is 5.36. The van der Waals surface area contributed by atoms with E-state index in [-0.39, 0.29) is 0 Å². The molecule has 2 atom stereocenters. The van der Waals surface area contributed by atoms with Crippen LogP contribution in [0.3, 0.4) is 0 Å². The number of H-pyrrole nitrogens is 1. The van der Waals surface area contributed by atoms with E-state index in [4.69, 9.17) is 0 Å². The van der Waals surface area contributed by atoms with Crippen LogP contribution in [0.2, 0.25) is 0 Å². The second-order valence-electron chi connectivity index (χ2n) is 5.75. The summed E-state index contributed by atoms with van der Waals surface area (Å²) < 4.78 is 0. The van der Waals surface area contributed by atoms with Gasteiger partial charge in [0.1, 0.15) is 5.82 Å². The molecule has 0 aromatic carbocycles. The van der Waals surface area contributed by atoms with Crippen LogP contribution in [-0.2, 0) is 0 Å². The summed E-state index contributed by atoms with van der Waals surface area (Å²) in [6.07, 6.45) is 5.13. The molecule has 2 unspecified atom stereocenters. The van der Waals surface area contributed by atoms with Crippen LogP contribution in [0.5, 0.6) is 0 Å². The molecule has 0 fully saturated rings. The van der Waals surface area contributed by atoms with Gasteiger partial charge in [0, 0.05) is 12.6 Å².